The van der Waals surface area contributed by atoms with Gasteiger partial charge < -0.3 is 24.3 Å². The number of piperidine rings is 1. The number of carbonyl (C=O) groups is 2. The highest BCUT2D eigenvalue weighted by molar-refractivity contribution is 6.09. The molecule has 1 N–H and O–H groups in total. The fourth-order valence-corrected chi connectivity index (χ4v) is 8.73. The minimum atomic E-state index is -0.482. The van der Waals surface area contributed by atoms with Crippen molar-refractivity contribution >= 4 is 28.6 Å². The van der Waals surface area contributed by atoms with Crippen LogP contribution in [-0.4, -0.2) is 76.7 Å². The summed E-state index contributed by atoms with van der Waals surface area (Å²) in [7, 11) is 1.38. The molecule has 0 atom stereocenters. The number of rotatable bonds is 7. The number of likely N-dealkylation sites (tertiary alicyclic amines) is 1. The third kappa shape index (κ3) is 5.39. The lowest BCUT2D eigenvalue weighted by Gasteiger charge is -2.46. The van der Waals surface area contributed by atoms with Crippen molar-refractivity contribution in [2.24, 2.45) is 5.41 Å². The molecule has 3 fully saturated rings. The Morgan fingerprint density at radius 3 is 2.50 bits per heavy atom. The zero-order chi connectivity index (χ0) is 34.9. The van der Waals surface area contributed by atoms with E-state index in [2.05, 4.69) is 65.6 Å². The van der Waals surface area contributed by atoms with Gasteiger partial charge in [0.2, 0.25) is 11.8 Å². The highest BCUT2D eigenvalue weighted by atomic mass is 16.5. The molecule has 1 saturated carbocycles. The number of nitrogens with zero attached hydrogens (tertiary/aromatic N) is 5. The molecule has 8 rings (SSSR count). The van der Waals surface area contributed by atoms with Crippen molar-refractivity contribution in [2.45, 2.75) is 90.3 Å². The van der Waals surface area contributed by atoms with E-state index in [1.807, 2.05) is 31.5 Å². The predicted molar refractivity (Wildman–Crippen MR) is 194 cm³/mol. The summed E-state index contributed by atoms with van der Waals surface area (Å²) in [5, 5.41) is 3.48. The Balaban J connectivity index is 1.18. The van der Waals surface area contributed by atoms with E-state index >= 15 is 0 Å². The Hall–Kier alpha value is -4.28. The molecule has 4 aliphatic rings. The molecule has 2 saturated heterocycles. The SMILES string of the molecule is COC(=O)c1cc(Oc2nc(-c3ccc4c(c3)N([C@H]3C[C@@H](N5CCC(C)(C)C5)C3)C(=O)C43CCNCC3)cc3ncn(C(C)C)c23)ccc1C. The molecular formula is C40H48N6O4. The molecule has 262 valence electrons. The van der Waals surface area contributed by atoms with Gasteiger partial charge in [-0.1, -0.05) is 32.0 Å². The lowest BCUT2D eigenvalue weighted by atomic mass is 9.74. The van der Waals surface area contributed by atoms with Crippen molar-refractivity contribution in [3.05, 3.63) is 65.5 Å². The minimum Gasteiger partial charge on any atom is -0.465 e. The first kappa shape index (κ1) is 32.9. The van der Waals surface area contributed by atoms with Gasteiger partial charge in [-0.25, -0.2) is 14.8 Å². The number of ether oxygens (including phenoxy) is 2. The first-order valence-electron chi connectivity index (χ1n) is 18.2. The van der Waals surface area contributed by atoms with Crippen molar-refractivity contribution < 1.29 is 19.1 Å². The molecule has 10 nitrogen and oxygen atoms in total. The smallest absolute Gasteiger partial charge is 0.338 e. The summed E-state index contributed by atoms with van der Waals surface area (Å²) in [6.07, 6.45) is 6.70. The molecule has 5 heterocycles. The molecule has 1 spiro atoms. The molecule has 4 aromatic rings. The average Bonchev–Trinajstić information content (AvgIpc) is 3.74. The molecule has 50 heavy (non-hydrogen) atoms. The maximum atomic E-state index is 14.6. The van der Waals surface area contributed by atoms with E-state index in [1.165, 1.54) is 13.5 Å². The number of amides is 1. The van der Waals surface area contributed by atoms with Crippen LogP contribution in [0.5, 0.6) is 11.6 Å². The first-order chi connectivity index (χ1) is 24.0. The van der Waals surface area contributed by atoms with Crippen LogP contribution in [0.1, 0.15) is 87.3 Å². The number of hydrogen-bond donors (Lipinski definition) is 1. The number of imidazole rings is 1. The summed E-state index contributed by atoms with van der Waals surface area (Å²) in [6, 6.07) is 14.7. The van der Waals surface area contributed by atoms with Crippen LogP contribution in [0.15, 0.2) is 48.8 Å². The van der Waals surface area contributed by atoms with Gasteiger partial charge in [0.15, 0.2) is 0 Å². The summed E-state index contributed by atoms with van der Waals surface area (Å²) in [6.45, 7) is 14.7. The molecule has 0 unspecified atom stereocenters. The van der Waals surface area contributed by atoms with E-state index in [1.54, 1.807) is 6.07 Å². The normalized spacial score (nSPS) is 22.7. The van der Waals surface area contributed by atoms with Gasteiger partial charge in [0.05, 0.1) is 35.6 Å². The minimum absolute atomic E-state index is 0.123. The van der Waals surface area contributed by atoms with Gasteiger partial charge in [0, 0.05) is 35.9 Å². The highest BCUT2D eigenvalue weighted by Crippen LogP contribution is 2.52. The van der Waals surface area contributed by atoms with E-state index in [0.717, 1.165) is 85.3 Å². The Morgan fingerprint density at radius 1 is 1.02 bits per heavy atom. The second-order valence-electron chi connectivity index (χ2n) is 15.9. The third-order valence-corrected chi connectivity index (χ3v) is 11.7. The summed E-state index contributed by atoms with van der Waals surface area (Å²) < 4.78 is 13.6. The standard InChI is InChI=1S/C40H48N6O4/c1-24(2)45-23-42-33-21-32(43-36(35(33)45)50-29-9-7-25(3)30(20-29)37(47)49-6)26-8-10-31-34(17-26)46(38(48)40(31)11-14-41-15-12-40)28-18-27(19-28)44-16-13-39(4,5)22-44/h7-10,17,20-21,23-24,27-28,41H,11-16,18-19,22H2,1-6H3/t27-,28+. The molecule has 0 radical (unpaired) electrons. The molecule has 2 aromatic carbocycles. The second kappa shape index (κ2) is 12.2. The van der Waals surface area contributed by atoms with Gasteiger partial charge in [-0.2, -0.15) is 0 Å². The third-order valence-electron chi connectivity index (χ3n) is 11.7. The number of fused-ring (bicyclic) bond motifs is 3. The van der Waals surface area contributed by atoms with Gasteiger partial charge in [-0.3, -0.25) is 9.69 Å². The zero-order valence-electron chi connectivity index (χ0n) is 30.1. The van der Waals surface area contributed by atoms with Crippen LogP contribution < -0.4 is 15.0 Å². The number of esters is 1. The molecule has 2 aromatic heterocycles. The lowest BCUT2D eigenvalue weighted by Crippen LogP contribution is -2.57. The van der Waals surface area contributed by atoms with Crippen molar-refractivity contribution in [1.29, 1.82) is 0 Å². The van der Waals surface area contributed by atoms with Crippen LogP contribution in [0, 0.1) is 12.3 Å². The number of methoxy groups -OCH3 is 1. The monoisotopic (exact) mass is 676 g/mol. The van der Waals surface area contributed by atoms with Gasteiger partial charge >= 0.3 is 5.97 Å². The lowest BCUT2D eigenvalue weighted by molar-refractivity contribution is -0.125. The largest absolute Gasteiger partial charge is 0.465 e. The van der Waals surface area contributed by atoms with Gasteiger partial charge in [0.25, 0.3) is 0 Å². The van der Waals surface area contributed by atoms with E-state index in [-0.39, 0.29) is 18.0 Å². The van der Waals surface area contributed by atoms with E-state index in [4.69, 9.17) is 19.4 Å². The van der Waals surface area contributed by atoms with Crippen molar-refractivity contribution in [1.82, 2.24) is 24.8 Å². The fraction of sp³-hybridized carbons (Fsp3) is 0.500. The van der Waals surface area contributed by atoms with Crippen molar-refractivity contribution in [3.63, 3.8) is 0 Å². The van der Waals surface area contributed by atoms with E-state index in [9.17, 15) is 9.59 Å². The second-order valence-corrected chi connectivity index (χ2v) is 15.9. The molecule has 1 amide bonds. The predicted octanol–water partition coefficient (Wildman–Crippen LogP) is 6.80. The average molecular weight is 677 g/mol. The number of pyridine rings is 1. The van der Waals surface area contributed by atoms with Crippen LogP contribution in [0.3, 0.4) is 0 Å². The Bertz CT molecular complexity index is 1990. The maximum Gasteiger partial charge on any atom is 0.338 e. The molecule has 0 bridgehead atoms. The number of hydrogen-bond acceptors (Lipinski definition) is 8. The number of benzene rings is 2. The number of aromatic nitrogens is 3. The summed E-state index contributed by atoms with van der Waals surface area (Å²) in [5.41, 5.74) is 6.46. The fourth-order valence-electron chi connectivity index (χ4n) is 8.73. The maximum absolute atomic E-state index is 14.6. The Kier molecular flexibility index (Phi) is 8.02. The van der Waals surface area contributed by atoms with Crippen LogP contribution in [0.4, 0.5) is 5.69 Å². The van der Waals surface area contributed by atoms with Gasteiger partial charge in [-0.15, -0.1) is 0 Å². The molecule has 1 aliphatic carbocycles. The quantitative estimate of drug-likeness (QED) is 0.214. The Labute approximate surface area is 294 Å². The number of anilines is 1. The summed E-state index contributed by atoms with van der Waals surface area (Å²) in [4.78, 5) is 41.7. The number of aryl methyl sites for hydroxylation is 1. The highest BCUT2D eigenvalue weighted by Gasteiger charge is 2.55. The Morgan fingerprint density at radius 2 is 1.80 bits per heavy atom. The van der Waals surface area contributed by atoms with Crippen molar-refractivity contribution in [2.75, 3.05) is 38.2 Å². The van der Waals surface area contributed by atoms with Crippen molar-refractivity contribution in [3.8, 4) is 22.9 Å². The van der Waals surface area contributed by atoms with Gasteiger partial charge in [0.1, 0.15) is 11.3 Å². The van der Waals surface area contributed by atoms with Crippen LogP contribution >= 0.6 is 0 Å². The molecule has 10 heteroatoms. The topological polar surface area (TPSA) is 102 Å². The number of carbonyl (C=O) groups excluding carboxylic acids is 2. The van der Waals surface area contributed by atoms with Crippen LogP contribution in [-0.2, 0) is 14.9 Å². The molecule has 3 aliphatic heterocycles. The molecular weight excluding hydrogens is 628 g/mol. The van der Waals surface area contributed by atoms with E-state index in [0.29, 0.717) is 34.3 Å². The number of nitrogens with one attached hydrogen (secondary N) is 1. The first-order valence-corrected chi connectivity index (χ1v) is 18.2. The van der Waals surface area contributed by atoms with E-state index < -0.39 is 11.4 Å². The van der Waals surface area contributed by atoms with Gasteiger partial charge in [-0.05, 0) is 113 Å². The van der Waals surface area contributed by atoms with Crippen LogP contribution in [0.25, 0.3) is 22.3 Å². The summed E-state index contributed by atoms with van der Waals surface area (Å²) >= 11 is 0. The van der Waals surface area contributed by atoms with Crippen LogP contribution in [0.2, 0.25) is 0 Å². The summed E-state index contributed by atoms with van der Waals surface area (Å²) in [5.74, 6) is 0.734. The zero-order valence-corrected chi connectivity index (χ0v) is 30.1.